The molecule has 1 heterocycles. The van der Waals surface area contributed by atoms with Crippen LogP contribution in [0.15, 0.2) is 11.4 Å². The minimum absolute atomic E-state index is 0.0111. The fraction of sp³-hybridized carbons (Fsp3) is 0.500. The molecule has 0 saturated heterocycles. The summed E-state index contributed by atoms with van der Waals surface area (Å²) in [4.78, 5) is 12.6. The molecule has 15 heavy (non-hydrogen) atoms. The summed E-state index contributed by atoms with van der Waals surface area (Å²) < 4.78 is 4.95. The third-order valence-electron chi connectivity index (χ3n) is 1.90. The molecule has 0 aliphatic rings. The zero-order chi connectivity index (χ0) is 11.3. The average molecular weight is 292 g/mol. The molecule has 5 heteroatoms. The summed E-state index contributed by atoms with van der Waals surface area (Å²) in [5, 5.41) is 4.78. The van der Waals surface area contributed by atoms with Gasteiger partial charge in [-0.1, -0.05) is 15.9 Å². The second kappa shape index (κ2) is 6.25. The van der Waals surface area contributed by atoms with Crippen LogP contribution in [-0.2, 0) is 4.74 Å². The highest BCUT2D eigenvalue weighted by atomic mass is 79.9. The lowest BCUT2D eigenvalue weighted by Crippen LogP contribution is -2.31. The smallest absolute Gasteiger partial charge is 0.261 e. The van der Waals surface area contributed by atoms with E-state index in [0.29, 0.717) is 13.2 Å². The number of carbonyl (C=O) groups excluding carboxylic acids is 1. The van der Waals surface area contributed by atoms with Gasteiger partial charge in [0.05, 0.1) is 16.3 Å². The number of amides is 1. The number of nitrogens with one attached hydrogen (secondary N) is 1. The lowest BCUT2D eigenvalue weighted by atomic mass is 10.3. The van der Waals surface area contributed by atoms with Gasteiger partial charge in [0.25, 0.3) is 5.91 Å². The van der Waals surface area contributed by atoms with E-state index in [1.54, 1.807) is 7.11 Å². The van der Waals surface area contributed by atoms with Crippen LogP contribution in [0.1, 0.15) is 15.2 Å². The SMILES string of the molecule is COCC(Br)CNC(=O)c1sccc1C. The highest BCUT2D eigenvalue weighted by Gasteiger charge is 2.11. The van der Waals surface area contributed by atoms with E-state index in [1.165, 1.54) is 11.3 Å². The Labute approximate surface area is 102 Å². The number of ether oxygens (including phenoxy) is 1. The van der Waals surface area contributed by atoms with Gasteiger partial charge in [0.1, 0.15) is 0 Å². The van der Waals surface area contributed by atoms with Crippen molar-refractivity contribution < 1.29 is 9.53 Å². The number of halogens is 1. The van der Waals surface area contributed by atoms with Crippen LogP contribution in [0.2, 0.25) is 0 Å². The molecule has 0 aliphatic heterocycles. The zero-order valence-electron chi connectivity index (χ0n) is 8.75. The van der Waals surface area contributed by atoms with E-state index in [4.69, 9.17) is 4.74 Å². The molecular weight excluding hydrogens is 278 g/mol. The summed E-state index contributed by atoms with van der Waals surface area (Å²) in [6.07, 6.45) is 0. The van der Waals surface area contributed by atoms with Gasteiger partial charge < -0.3 is 10.1 Å². The zero-order valence-corrected chi connectivity index (χ0v) is 11.2. The first-order chi connectivity index (χ1) is 7.15. The Morgan fingerprint density at radius 1 is 1.73 bits per heavy atom. The number of rotatable bonds is 5. The van der Waals surface area contributed by atoms with Crippen LogP contribution in [-0.4, -0.2) is 31.0 Å². The van der Waals surface area contributed by atoms with Crippen molar-refractivity contribution in [3.63, 3.8) is 0 Å². The van der Waals surface area contributed by atoms with Crippen molar-refractivity contribution >= 4 is 33.2 Å². The molecule has 0 spiro atoms. The molecule has 0 bridgehead atoms. The second-order valence-corrected chi connectivity index (χ2v) is 5.41. The lowest BCUT2D eigenvalue weighted by molar-refractivity contribution is 0.0953. The van der Waals surface area contributed by atoms with Gasteiger partial charge in [0.15, 0.2) is 0 Å². The van der Waals surface area contributed by atoms with Crippen molar-refractivity contribution in [2.45, 2.75) is 11.8 Å². The van der Waals surface area contributed by atoms with Crippen molar-refractivity contribution in [3.05, 3.63) is 21.9 Å². The highest BCUT2D eigenvalue weighted by molar-refractivity contribution is 9.09. The third kappa shape index (κ3) is 3.93. The van der Waals surface area contributed by atoms with Gasteiger partial charge in [-0.2, -0.15) is 0 Å². The fourth-order valence-electron chi connectivity index (χ4n) is 1.13. The van der Waals surface area contributed by atoms with Crippen molar-refractivity contribution in [2.75, 3.05) is 20.3 Å². The predicted molar refractivity (Wildman–Crippen MR) is 66.0 cm³/mol. The summed E-state index contributed by atoms with van der Waals surface area (Å²) >= 11 is 4.88. The molecule has 0 aliphatic carbocycles. The van der Waals surface area contributed by atoms with Crippen LogP contribution in [0.3, 0.4) is 0 Å². The van der Waals surface area contributed by atoms with Crippen molar-refractivity contribution in [1.29, 1.82) is 0 Å². The average Bonchev–Trinajstić information content (AvgIpc) is 2.61. The van der Waals surface area contributed by atoms with E-state index in [9.17, 15) is 4.79 Å². The maximum Gasteiger partial charge on any atom is 0.261 e. The number of hydrogen-bond acceptors (Lipinski definition) is 3. The first-order valence-corrected chi connectivity index (χ1v) is 6.40. The normalized spacial score (nSPS) is 12.5. The molecule has 1 rings (SSSR count). The molecule has 0 fully saturated rings. The minimum Gasteiger partial charge on any atom is -0.383 e. The number of methoxy groups -OCH3 is 1. The molecule has 0 aromatic carbocycles. The van der Waals surface area contributed by atoms with Gasteiger partial charge in [0, 0.05) is 13.7 Å². The lowest BCUT2D eigenvalue weighted by Gasteiger charge is -2.09. The number of carbonyl (C=O) groups is 1. The Kier molecular flexibility index (Phi) is 5.28. The Balaban J connectivity index is 2.40. The summed E-state index contributed by atoms with van der Waals surface area (Å²) in [5.41, 5.74) is 1.02. The molecule has 0 radical (unpaired) electrons. The standard InChI is InChI=1S/C10H14BrNO2S/c1-7-3-4-15-9(7)10(13)12-5-8(11)6-14-2/h3-4,8H,5-6H2,1-2H3,(H,12,13). The van der Waals surface area contributed by atoms with Crippen molar-refractivity contribution in [1.82, 2.24) is 5.32 Å². The topological polar surface area (TPSA) is 38.3 Å². The first kappa shape index (κ1) is 12.7. The summed E-state index contributed by atoms with van der Waals surface area (Å²) in [6, 6.07) is 1.94. The molecule has 84 valence electrons. The Bertz CT molecular complexity index is 327. The van der Waals surface area contributed by atoms with E-state index < -0.39 is 0 Å². The third-order valence-corrected chi connectivity index (χ3v) is 3.50. The van der Waals surface area contributed by atoms with Gasteiger partial charge >= 0.3 is 0 Å². The van der Waals surface area contributed by atoms with Crippen molar-refractivity contribution in [2.24, 2.45) is 0 Å². The van der Waals surface area contributed by atoms with E-state index in [0.717, 1.165) is 10.4 Å². The van der Waals surface area contributed by atoms with Gasteiger partial charge in [-0.25, -0.2) is 0 Å². The van der Waals surface area contributed by atoms with Gasteiger partial charge in [0.2, 0.25) is 0 Å². The number of hydrogen-bond donors (Lipinski definition) is 1. The fourth-order valence-corrected chi connectivity index (χ4v) is 2.40. The van der Waals surface area contributed by atoms with Crippen LogP contribution >= 0.6 is 27.3 Å². The van der Waals surface area contributed by atoms with Crippen LogP contribution in [0.25, 0.3) is 0 Å². The van der Waals surface area contributed by atoms with Crippen molar-refractivity contribution in [3.8, 4) is 0 Å². The molecule has 1 unspecified atom stereocenters. The quantitative estimate of drug-likeness (QED) is 0.845. The van der Waals surface area contributed by atoms with E-state index >= 15 is 0 Å². The minimum atomic E-state index is -0.0111. The summed E-state index contributed by atoms with van der Waals surface area (Å²) in [6.45, 7) is 3.10. The van der Waals surface area contributed by atoms with Gasteiger partial charge in [-0.05, 0) is 23.9 Å². The number of thiophene rings is 1. The summed E-state index contributed by atoms with van der Waals surface area (Å²) in [5.74, 6) is -0.0111. The van der Waals surface area contributed by atoms with Crippen LogP contribution < -0.4 is 5.32 Å². The van der Waals surface area contributed by atoms with E-state index in [2.05, 4.69) is 21.2 Å². The molecular formula is C10H14BrNO2S. The maximum atomic E-state index is 11.7. The molecule has 3 nitrogen and oxygen atoms in total. The maximum absolute atomic E-state index is 11.7. The molecule has 1 N–H and O–H groups in total. The Hall–Kier alpha value is -0.390. The number of alkyl halides is 1. The molecule has 1 aromatic rings. The summed E-state index contributed by atoms with van der Waals surface area (Å²) in [7, 11) is 1.64. The molecule has 0 saturated carbocycles. The molecule has 1 amide bonds. The molecule has 1 aromatic heterocycles. The van der Waals surface area contributed by atoms with E-state index in [1.807, 2.05) is 18.4 Å². The van der Waals surface area contributed by atoms with Crippen LogP contribution in [0.5, 0.6) is 0 Å². The Morgan fingerprint density at radius 2 is 2.47 bits per heavy atom. The van der Waals surface area contributed by atoms with Gasteiger partial charge in [-0.3, -0.25) is 4.79 Å². The highest BCUT2D eigenvalue weighted by Crippen LogP contribution is 2.15. The Morgan fingerprint density at radius 3 is 3.00 bits per heavy atom. The first-order valence-electron chi connectivity index (χ1n) is 4.60. The largest absolute Gasteiger partial charge is 0.383 e. The predicted octanol–water partition coefficient (Wildman–Crippen LogP) is 2.20. The van der Waals surface area contributed by atoms with Crippen LogP contribution in [0, 0.1) is 6.92 Å². The monoisotopic (exact) mass is 291 g/mol. The van der Waals surface area contributed by atoms with E-state index in [-0.39, 0.29) is 10.7 Å². The van der Waals surface area contributed by atoms with Crippen LogP contribution in [0.4, 0.5) is 0 Å². The number of aryl methyl sites for hydroxylation is 1. The second-order valence-electron chi connectivity index (χ2n) is 3.20. The molecule has 1 atom stereocenters. The van der Waals surface area contributed by atoms with Gasteiger partial charge in [-0.15, -0.1) is 11.3 Å².